The monoisotopic (exact) mass is 344 g/mol. The van der Waals surface area contributed by atoms with E-state index in [9.17, 15) is 4.79 Å². The zero-order chi connectivity index (χ0) is 16.7. The maximum absolute atomic E-state index is 11.8. The van der Waals surface area contributed by atoms with Crippen LogP contribution in [-0.2, 0) is 0 Å². The first-order valence-corrected chi connectivity index (χ1v) is 8.22. The smallest absolute Gasteiger partial charge is 0.286 e. The molecule has 0 aromatic heterocycles. The molecule has 0 atom stereocenters. The predicted molar refractivity (Wildman–Crippen MR) is 98.2 cm³/mol. The molecule has 0 saturated carbocycles. The summed E-state index contributed by atoms with van der Waals surface area (Å²) in [5.74, 6) is 6.11. The van der Waals surface area contributed by atoms with Gasteiger partial charge >= 0.3 is 0 Å². The molecule has 0 bridgehead atoms. The summed E-state index contributed by atoms with van der Waals surface area (Å²) in [6.07, 6.45) is 0. The molecule has 0 aliphatic carbocycles. The molecule has 0 heterocycles. The van der Waals surface area contributed by atoms with Crippen LogP contribution in [-0.4, -0.2) is 30.8 Å². The molecular weight excluding hydrogens is 328 g/mol. The highest BCUT2D eigenvalue weighted by Gasteiger charge is 2.09. The Labute approximate surface area is 146 Å². The second-order valence-corrected chi connectivity index (χ2v) is 6.35. The summed E-state index contributed by atoms with van der Waals surface area (Å²) >= 11 is 7.12. The number of para-hydroxylation sites is 1. The first-order chi connectivity index (χ1) is 11.1. The van der Waals surface area contributed by atoms with E-state index in [0.717, 1.165) is 16.1 Å². The van der Waals surface area contributed by atoms with Gasteiger partial charge in [-0.1, -0.05) is 41.6 Å². The van der Waals surface area contributed by atoms with E-state index in [4.69, 9.17) is 11.6 Å². The van der Waals surface area contributed by atoms with Crippen LogP contribution in [0.2, 0.25) is 5.02 Å². The number of anilines is 1. The minimum absolute atomic E-state index is 0.00994. The zero-order valence-corrected chi connectivity index (χ0v) is 14.5. The summed E-state index contributed by atoms with van der Waals surface area (Å²) in [4.78, 5) is 14.3. The molecule has 1 N–H and O–H groups in total. The summed E-state index contributed by atoms with van der Waals surface area (Å²) in [5.41, 5.74) is 1.78. The molecule has 0 spiro atoms. The normalized spacial score (nSPS) is 9.70. The van der Waals surface area contributed by atoms with Crippen molar-refractivity contribution in [2.75, 3.05) is 26.0 Å². The van der Waals surface area contributed by atoms with Gasteiger partial charge in [0, 0.05) is 35.3 Å². The molecule has 0 fully saturated rings. The Kier molecular flexibility index (Phi) is 6.40. The lowest BCUT2D eigenvalue weighted by Gasteiger charge is -2.12. The van der Waals surface area contributed by atoms with Crippen LogP contribution in [0.1, 0.15) is 5.56 Å². The molecular formula is C18H17ClN2OS. The highest BCUT2D eigenvalue weighted by molar-refractivity contribution is 8.13. The van der Waals surface area contributed by atoms with Crippen molar-refractivity contribution in [1.82, 2.24) is 4.90 Å². The molecule has 2 aromatic rings. The minimum atomic E-state index is -0.00994. The quantitative estimate of drug-likeness (QED) is 0.653. The van der Waals surface area contributed by atoms with Crippen molar-refractivity contribution < 1.29 is 4.79 Å². The van der Waals surface area contributed by atoms with E-state index in [-0.39, 0.29) is 5.24 Å². The zero-order valence-electron chi connectivity index (χ0n) is 13.0. The lowest BCUT2D eigenvalue weighted by atomic mass is 10.2. The fraction of sp³-hybridized carbons (Fsp3) is 0.167. The molecule has 2 aromatic carbocycles. The minimum Gasteiger partial charge on any atom is -0.373 e. The number of carbonyl (C=O) groups is 1. The SMILES string of the molecule is CN(C)C(=O)Sc1ccccc1NCC#Cc1cccc(Cl)c1. The molecule has 1 amide bonds. The number of halogens is 1. The van der Waals surface area contributed by atoms with Gasteiger partial charge < -0.3 is 10.2 Å². The summed E-state index contributed by atoms with van der Waals surface area (Å²) in [7, 11) is 3.48. The Balaban J connectivity index is 2.00. The number of nitrogens with one attached hydrogen (secondary N) is 1. The van der Waals surface area contributed by atoms with Gasteiger partial charge in [-0.2, -0.15) is 0 Å². The van der Waals surface area contributed by atoms with Crippen LogP contribution in [0, 0.1) is 11.8 Å². The Morgan fingerprint density at radius 2 is 2.00 bits per heavy atom. The Bertz CT molecular complexity index is 750. The molecule has 2 rings (SSSR count). The maximum Gasteiger partial charge on any atom is 0.286 e. The highest BCUT2D eigenvalue weighted by atomic mass is 35.5. The van der Waals surface area contributed by atoms with Gasteiger partial charge in [0.1, 0.15) is 0 Å². The topological polar surface area (TPSA) is 32.3 Å². The van der Waals surface area contributed by atoms with Gasteiger partial charge in [-0.05, 0) is 42.1 Å². The molecule has 118 valence electrons. The van der Waals surface area contributed by atoms with E-state index in [1.165, 1.54) is 11.8 Å². The first-order valence-electron chi connectivity index (χ1n) is 7.03. The molecule has 0 aliphatic rings. The third-order valence-electron chi connectivity index (χ3n) is 2.87. The summed E-state index contributed by atoms with van der Waals surface area (Å²) < 4.78 is 0. The average molecular weight is 345 g/mol. The summed E-state index contributed by atoms with van der Waals surface area (Å²) in [6, 6.07) is 15.1. The first kappa shape index (κ1) is 17.3. The number of hydrogen-bond acceptors (Lipinski definition) is 3. The van der Waals surface area contributed by atoms with Crippen molar-refractivity contribution in [2.45, 2.75) is 4.90 Å². The number of amides is 1. The van der Waals surface area contributed by atoms with Crippen LogP contribution in [0.5, 0.6) is 0 Å². The lowest BCUT2D eigenvalue weighted by Crippen LogP contribution is -2.16. The second-order valence-electron chi connectivity index (χ2n) is 4.92. The number of nitrogens with zero attached hydrogens (tertiary/aromatic N) is 1. The van der Waals surface area contributed by atoms with Gasteiger partial charge in [-0.3, -0.25) is 4.79 Å². The van der Waals surface area contributed by atoms with Crippen molar-refractivity contribution in [1.29, 1.82) is 0 Å². The molecule has 3 nitrogen and oxygen atoms in total. The van der Waals surface area contributed by atoms with Crippen LogP contribution in [0.3, 0.4) is 0 Å². The summed E-state index contributed by atoms with van der Waals surface area (Å²) in [5, 5.41) is 3.91. The van der Waals surface area contributed by atoms with Gasteiger partial charge in [-0.15, -0.1) is 0 Å². The molecule has 0 saturated heterocycles. The number of carbonyl (C=O) groups excluding carboxylic acids is 1. The molecule has 0 radical (unpaired) electrons. The van der Waals surface area contributed by atoms with Crippen molar-refractivity contribution in [3.05, 3.63) is 59.1 Å². The average Bonchev–Trinajstić information content (AvgIpc) is 2.53. The number of hydrogen-bond donors (Lipinski definition) is 1. The van der Waals surface area contributed by atoms with E-state index in [1.54, 1.807) is 19.0 Å². The fourth-order valence-corrected chi connectivity index (χ4v) is 2.70. The van der Waals surface area contributed by atoms with Crippen LogP contribution in [0.4, 0.5) is 10.5 Å². The highest BCUT2D eigenvalue weighted by Crippen LogP contribution is 2.28. The second kappa shape index (κ2) is 8.52. The number of rotatable bonds is 3. The molecule has 0 unspecified atom stereocenters. The maximum atomic E-state index is 11.8. The Hall–Kier alpha value is -2.09. The van der Waals surface area contributed by atoms with Crippen molar-refractivity contribution in [2.24, 2.45) is 0 Å². The lowest BCUT2D eigenvalue weighted by molar-refractivity contribution is 0.241. The Morgan fingerprint density at radius 1 is 1.22 bits per heavy atom. The van der Waals surface area contributed by atoms with Crippen LogP contribution in [0.15, 0.2) is 53.4 Å². The molecule has 23 heavy (non-hydrogen) atoms. The van der Waals surface area contributed by atoms with Gasteiger partial charge in [0.25, 0.3) is 5.24 Å². The van der Waals surface area contributed by atoms with E-state index >= 15 is 0 Å². The predicted octanol–water partition coefficient (Wildman–Crippen LogP) is 4.58. The van der Waals surface area contributed by atoms with Crippen LogP contribution in [0.25, 0.3) is 0 Å². The fourth-order valence-electron chi connectivity index (χ4n) is 1.74. The Morgan fingerprint density at radius 3 is 2.74 bits per heavy atom. The van der Waals surface area contributed by atoms with E-state index < -0.39 is 0 Å². The van der Waals surface area contributed by atoms with Gasteiger partial charge in [0.05, 0.1) is 6.54 Å². The van der Waals surface area contributed by atoms with Crippen molar-refractivity contribution >= 4 is 34.3 Å². The van der Waals surface area contributed by atoms with Gasteiger partial charge in [0.2, 0.25) is 0 Å². The third kappa shape index (κ3) is 5.55. The van der Waals surface area contributed by atoms with Crippen LogP contribution < -0.4 is 5.32 Å². The summed E-state index contributed by atoms with van der Waals surface area (Å²) in [6.45, 7) is 0.486. The molecule has 5 heteroatoms. The van der Waals surface area contributed by atoms with Crippen molar-refractivity contribution in [3.63, 3.8) is 0 Å². The van der Waals surface area contributed by atoms with Crippen molar-refractivity contribution in [3.8, 4) is 11.8 Å². The van der Waals surface area contributed by atoms with E-state index in [2.05, 4.69) is 17.2 Å². The van der Waals surface area contributed by atoms with Gasteiger partial charge in [0.15, 0.2) is 0 Å². The standard InChI is InChI=1S/C18H17ClN2OS/c1-21(2)18(22)23-17-11-4-3-10-16(17)20-12-6-8-14-7-5-9-15(19)13-14/h3-5,7,9-11,13,20H,12H2,1-2H3. The molecule has 0 aliphatic heterocycles. The van der Waals surface area contributed by atoms with E-state index in [0.29, 0.717) is 11.6 Å². The third-order valence-corrected chi connectivity index (χ3v) is 4.22. The number of thioether (sulfide) groups is 1. The van der Waals surface area contributed by atoms with Gasteiger partial charge in [-0.25, -0.2) is 0 Å². The largest absolute Gasteiger partial charge is 0.373 e. The van der Waals surface area contributed by atoms with Crippen LogP contribution >= 0.6 is 23.4 Å². The number of benzene rings is 2. The van der Waals surface area contributed by atoms with E-state index in [1.807, 2.05) is 48.5 Å².